The van der Waals surface area contributed by atoms with Gasteiger partial charge in [-0.05, 0) is 0 Å². The SMILES string of the molecule is O=S(=O)([O-])C(F)(F)F.O=S(=O)([O-])C(F)(F)F.O=S(=O)([O-])C(F)(F)F.[In+3]. The van der Waals surface area contributed by atoms with Crippen molar-refractivity contribution in [3.63, 3.8) is 0 Å². The number of rotatable bonds is 0. The molecule has 25 heavy (non-hydrogen) atoms. The van der Waals surface area contributed by atoms with E-state index in [-0.39, 0.29) is 25.8 Å². The van der Waals surface area contributed by atoms with E-state index in [4.69, 9.17) is 38.9 Å². The Kier molecular flexibility index (Phi) is 12.8. The van der Waals surface area contributed by atoms with Crippen molar-refractivity contribution in [1.82, 2.24) is 0 Å². The van der Waals surface area contributed by atoms with Crippen LogP contribution in [0.1, 0.15) is 0 Å². The smallest absolute Gasteiger partial charge is 0.741 e. The Morgan fingerprint density at radius 3 is 0.480 bits per heavy atom. The maximum atomic E-state index is 10.7. The molecule has 0 spiro atoms. The molecule has 0 rings (SSSR count). The molecule has 22 heteroatoms. The minimum Gasteiger partial charge on any atom is -0.741 e. The zero-order chi connectivity index (χ0) is 21.0. The van der Waals surface area contributed by atoms with E-state index < -0.39 is 46.9 Å². The van der Waals surface area contributed by atoms with Crippen LogP contribution >= 0.6 is 0 Å². The van der Waals surface area contributed by atoms with Gasteiger partial charge in [0.15, 0.2) is 30.4 Å². The predicted octanol–water partition coefficient (Wildman–Crippen LogP) is -0.227. The average molecular weight is 562 g/mol. The first-order chi connectivity index (χ1) is 9.75. The Labute approximate surface area is 151 Å². The summed E-state index contributed by atoms with van der Waals surface area (Å²) in [6, 6.07) is 0. The number of alkyl halides is 9. The Balaban J connectivity index is -0.000000130. The standard InChI is InChI=1S/3CHF3O3S.In/c3*2-1(3,4)8(5,6)7;/h3*(H,5,6,7);/q;;;+3/p-3. The number of halogens is 9. The maximum Gasteiger partial charge on any atom is 3.00 e. The Morgan fingerprint density at radius 1 is 0.440 bits per heavy atom. The molecule has 0 aliphatic carbocycles. The van der Waals surface area contributed by atoms with Gasteiger partial charge in [-0.2, -0.15) is 39.5 Å². The fourth-order valence-electron chi connectivity index (χ4n) is 0. The summed E-state index contributed by atoms with van der Waals surface area (Å²) < 4.78 is 177. The number of hydrogen-bond acceptors (Lipinski definition) is 9. The summed E-state index contributed by atoms with van der Waals surface area (Å²) >= 11 is 0. The summed E-state index contributed by atoms with van der Waals surface area (Å²) in [5.41, 5.74) is -16.9. The normalized spacial score (nSPS) is 13.4. The van der Waals surface area contributed by atoms with E-state index in [1.165, 1.54) is 0 Å². The molecule has 0 aromatic heterocycles. The van der Waals surface area contributed by atoms with Gasteiger partial charge < -0.3 is 13.7 Å². The third-order valence-corrected chi connectivity index (χ3v) is 2.55. The summed E-state index contributed by atoms with van der Waals surface area (Å²) in [6.45, 7) is 0. The minimum atomic E-state index is -6.09. The van der Waals surface area contributed by atoms with Crippen LogP contribution in [-0.2, 0) is 30.4 Å². The zero-order valence-electron chi connectivity index (χ0n) is 10.4. The van der Waals surface area contributed by atoms with E-state index >= 15 is 0 Å². The molecule has 0 saturated heterocycles. The molecule has 0 aromatic carbocycles. The van der Waals surface area contributed by atoms with E-state index in [1.807, 2.05) is 0 Å². The van der Waals surface area contributed by atoms with Gasteiger partial charge in [0, 0.05) is 0 Å². The average Bonchev–Trinajstić information content (AvgIpc) is 2.08. The topological polar surface area (TPSA) is 172 Å². The fraction of sp³-hybridized carbons (Fsp3) is 1.00. The molecule has 9 nitrogen and oxygen atoms in total. The van der Waals surface area contributed by atoms with Gasteiger partial charge in [0.2, 0.25) is 0 Å². The van der Waals surface area contributed by atoms with Gasteiger partial charge >= 0.3 is 42.4 Å². The Hall–Kier alpha value is -0.0299. The minimum absolute atomic E-state index is 0. The summed E-state index contributed by atoms with van der Waals surface area (Å²) in [6.07, 6.45) is 0. The van der Waals surface area contributed by atoms with Crippen LogP contribution in [0.2, 0.25) is 0 Å². The molecule has 0 fully saturated rings. The first kappa shape index (κ1) is 32.6. The second-order valence-electron chi connectivity index (χ2n) is 2.70. The van der Waals surface area contributed by atoms with Gasteiger partial charge in [0.25, 0.3) is 0 Å². The molecule has 0 unspecified atom stereocenters. The Bertz CT molecular complexity index is 596. The zero-order valence-corrected chi connectivity index (χ0v) is 16.1. The molecule has 0 saturated carbocycles. The molecule has 0 amide bonds. The van der Waals surface area contributed by atoms with Gasteiger partial charge in [-0.1, -0.05) is 0 Å². The van der Waals surface area contributed by atoms with E-state index in [1.54, 1.807) is 0 Å². The van der Waals surface area contributed by atoms with Crippen LogP contribution in [0, 0.1) is 0 Å². The molecule has 0 heterocycles. The molecule has 0 atom stereocenters. The monoisotopic (exact) mass is 562 g/mol. The van der Waals surface area contributed by atoms with Crippen molar-refractivity contribution in [1.29, 1.82) is 0 Å². The third-order valence-electron chi connectivity index (χ3n) is 0.850. The maximum absolute atomic E-state index is 10.7. The predicted molar refractivity (Wildman–Crippen MR) is 53.0 cm³/mol. The third kappa shape index (κ3) is 15.9. The molecule has 0 aromatic rings. The molecule has 0 bridgehead atoms. The van der Waals surface area contributed by atoms with Crippen molar-refractivity contribution in [2.75, 3.05) is 0 Å². The van der Waals surface area contributed by atoms with Crippen LogP contribution in [0.4, 0.5) is 39.5 Å². The van der Waals surface area contributed by atoms with Crippen LogP contribution in [0.5, 0.6) is 0 Å². The molecule has 150 valence electrons. The summed E-state index contributed by atoms with van der Waals surface area (Å²) in [5.74, 6) is 0. The molecule has 0 aliphatic heterocycles. The van der Waals surface area contributed by atoms with Crippen molar-refractivity contribution < 1.29 is 78.4 Å². The fourth-order valence-corrected chi connectivity index (χ4v) is 0. The van der Waals surface area contributed by atoms with Crippen molar-refractivity contribution in [2.45, 2.75) is 16.5 Å². The molecule has 0 radical (unpaired) electrons. The van der Waals surface area contributed by atoms with Crippen molar-refractivity contribution >= 4 is 56.2 Å². The van der Waals surface area contributed by atoms with Crippen LogP contribution in [0.25, 0.3) is 0 Å². The van der Waals surface area contributed by atoms with E-state index in [9.17, 15) is 39.5 Å². The van der Waals surface area contributed by atoms with Gasteiger partial charge in [0.05, 0.1) is 0 Å². The van der Waals surface area contributed by atoms with E-state index in [0.717, 1.165) is 0 Å². The molecule has 0 N–H and O–H groups in total. The van der Waals surface area contributed by atoms with E-state index in [2.05, 4.69) is 0 Å². The summed E-state index contributed by atoms with van der Waals surface area (Å²) in [7, 11) is -18.3. The van der Waals surface area contributed by atoms with E-state index in [0.29, 0.717) is 0 Å². The van der Waals surface area contributed by atoms with Gasteiger partial charge in [-0.3, -0.25) is 0 Å². The van der Waals surface area contributed by atoms with Gasteiger partial charge in [-0.15, -0.1) is 0 Å². The largest absolute Gasteiger partial charge is 3.00 e. The van der Waals surface area contributed by atoms with Crippen LogP contribution in [-0.4, -0.2) is 81.3 Å². The molecular weight excluding hydrogens is 562 g/mol. The van der Waals surface area contributed by atoms with Gasteiger partial charge in [-0.25, -0.2) is 25.3 Å². The quantitative estimate of drug-likeness (QED) is 0.220. The molecule has 0 aliphatic rings. The van der Waals surface area contributed by atoms with Gasteiger partial charge in [0.1, 0.15) is 0 Å². The summed E-state index contributed by atoms with van der Waals surface area (Å²) in [4.78, 5) is 0. The first-order valence-electron chi connectivity index (χ1n) is 3.81. The second kappa shape index (κ2) is 9.77. The van der Waals surface area contributed by atoms with Crippen molar-refractivity contribution in [3.05, 3.63) is 0 Å². The first-order valence-corrected chi connectivity index (χ1v) is 8.04. The van der Waals surface area contributed by atoms with Crippen LogP contribution < -0.4 is 0 Å². The van der Waals surface area contributed by atoms with Crippen LogP contribution in [0.15, 0.2) is 0 Å². The second-order valence-corrected chi connectivity index (χ2v) is 6.81. The van der Waals surface area contributed by atoms with Crippen molar-refractivity contribution in [3.8, 4) is 0 Å². The molecular formula is C3F9InO9S3. The van der Waals surface area contributed by atoms with Crippen LogP contribution in [0.3, 0.4) is 0 Å². The summed E-state index contributed by atoms with van der Waals surface area (Å²) in [5, 5.41) is 0. The van der Waals surface area contributed by atoms with Crippen molar-refractivity contribution in [2.24, 2.45) is 0 Å². The number of hydrogen-bond donors (Lipinski definition) is 0. The Morgan fingerprint density at radius 2 is 0.480 bits per heavy atom.